The van der Waals surface area contributed by atoms with Gasteiger partial charge in [-0.3, -0.25) is 0 Å². The van der Waals surface area contributed by atoms with E-state index < -0.39 is 0 Å². The van der Waals surface area contributed by atoms with Gasteiger partial charge < -0.3 is 20.5 Å². The van der Waals surface area contributed by atoms with E-state index in [1.807, 2.05) is 32.0 Å². The van der Waals surface area contributed by atoms with Gasteiger partial charge in [0.25, 0.3) is 0 Å². The molecule has 1 saturated carbocycles. The molecule has 0 aliphatic heterocycles. The Morgan fingerprint density at radius 3 is 2.87 bits per heavy atom. The molecule has 0 aromatic heterocycles. The number of carbonyl (C=O) groups is 1. The van der Waals surface area contributed by atoms with E-state index in [1.54, 1.807) is 0 Å². The first-order valence-electron chi connectivity index (χ1n) is 8.50. The van der Waals surface area contributed by atoms with Crippen LogP contribution < -0.4 is 15.4 Å². The van der Waals surface area contributed by atoms with Gasteiger partial charge in [0.2, 0.25) is 0 Å². The number of aliphatic hydroxyl groups excluding tert-OH is 1. The summed E-state index contributed by atoms with van der Waals surface area (Å²) in [7, 11) is 0. The van der Waals surface area contributed by atoms with Crippen molar-refractivity contribution in [3.63, 3.8) is 0 Å². The van der Waals surface area contributed by atoms with Gasteiger partial charge in [0, 0.05) is 13.1 Å². The Morgan fingerprint density at radius 2 is 2.17 bits per heavy atom. The van der Waals surface area contributed by atoms with E-state index in [2.05, 4.69) is 10.6 Å². The molecule has 1 aromatic carbocycles. The number of aliphatic hydroxyl groups is 1. The van der Waals surface area contributed by atoms with Gasteiger partial charge in [-0.05, 0) is 56.2 Å². The lowest BCUT2D eigenvalue weighted by Gasteiger charge is -2.25. The summed E-state index contributed by atoms with van der Waals surface area (Å²) in [5, 5.41) is 15.4. The Kier molecular flexibility index (Phi) is 6.71. The van der Waals surface area contributed by atoms with E-state index in [4.69, 9.17) is 4.74 Å². The van der Waals surface area contributed by atoms with Crippen molar-refractivity contribution in [1.29, 1.82) is 0 Å². The highest BCUT2D eigenvalue weighted by Crippen LogP contribution is 2.23. The normalized spacial score (nSPS) is 20.8. The van der Waals surface area contributed by atoms with Crippen molar-refractivity contribution in [1.82, 2.24) is 10.6 Å². The van der Waals surface area contributed by atoms with Crippen LogP contribution in [0, 0.1) is 12.8 Å². The molecule has 0 spiro atoms. The Bertz CT molecular complexity index is 519. The van der Waals surface area contributed by atoms with Crippen molar-refractivity contribution in [2.75, 3.05) is 13.2 Å². The first-order chi connectivity index (χ1) is 11.1. The van der Waals surface area contributed by atoms with Crippen LogP contribution in [-0.4, -0.2) is 30.4 Å². The number of nitrogens with one attached hydrogen (secondary N) is 2. The quantitative estimate of drug-likeness (QED) is 0.755. The molecule has 0 radical (unpaired) electrons. The maximum Gasteiger partial charge on any atom is 0.315 e. The van der Waals surface area contributed by atoms with E-state index in [0.29, 0.717) is 25.6 Å². The standard InChI is InChI=1S/C18H28N2O3/c1-3-23-17-8-7-15(9-13(17)2)12-20-18(22)19-11-14-5-4-6-16(21)10-14/h7-9,14,16,21H,3-6,10-12H2,1-2H3,(H2,19,20,22). The van der Waals surface area contributed by atoms with Crippen LogP contribution >= 0.6 is 0 Å². The van der Waals surface area contributed by atoms with E-state index in [0.717, 1.165) is 42.6 Å². The minimum Gasteiger partial charge on any atom is -0.494 e. The van der Waals surface area contributed by atoms with Crippen molar-refractivity contribution >= 4 is 6.03 Å². The number of hydrogen-bond donors (Lipinski definition) is 3. The summed E-state index contributed by atoms with van der Waals surface area (Å²) in [6.45, 7) is 5.74. The second kappa shape index (κ2) is 8.77. The molecule has 2 amide bonds. The predicted molar refractivity (Wildman–Crippen MR) is 90.6 cm³/mol. The number of benzene rings is 1. The molecule has 2 unspecified atom stereocenters. The molecule has 0 bridgehead atoms. The third kappa shape index (κ3) is 5.75. The molecular weight excluding hydrogens is 292 g/mol. The fraction of sp³-hybridized carbons (Fsp3) is 0.611. The van der Waals surface area contributed by atoms with Crippen LogP contribution in [0.25, 0.3) is 0 Å². The van der Waals surface area contributed by atoms with Gasteiger partial charge in [-0.2, -0.15) is 0 Å². The molecule has 0 saturated heterocycles. The fourth-order valence-electron chi connectivity index (χ4n) is 3.07. The summed E-state index contributed by atoms with van der Waals surface area (Å²) >= 11 is 0. The van der Waals surface area contributed by atoms with Crippen LogP contribution in [0.4, 0.5) is 4.79 Å². The second-order valence-corrected chi connectivity index (χ2v) is 6.28. The number of urea groups is 1. The highest BCUT2D eigenvalue weighted by Gasteiger charge is 2.20. The lowest BCUT2D eigenvalue weighted by atomic mass is 9.87. The summed E-state index contributed by atoms with van der Waals surface area (Å²) in [5.74, 6) is 1.27. The fourth-order valence-corrected chi connectivity index (χ4v) is 3.07. The summed E-state index contributed by atoms with van der Waals surface area (Å²) in [4.78, 5) is 11.9. The van der Waals surface area contributed by atoms with Gasteiger partial charge in [-0.25, -0.2) is 4.79 Å². The SMILES string of the molecule is CCOc1ccc(CNC(=O)NCC2CCCC(O)C2)cc1C. The number of rotatable bonds is 6. The molecular formula is C18H28N2O3. The van der Waals surface area contributed by atoms with Gasteiger partial charge in [0.05, 0.1) is 12.7 Å². The largest absolute Gasteiger partial charge is 0.494 e. The molecule has 1 aromatic rings. The molecule has 5 nitrogen and oxygen atoms in total. The zero-order valence-corrected chi connectivity index (χ0v) is 14.1. The van der Waals surface area contributed by atoms with E-state index in [1.165, 1.54) is 0 Å². The molecule has 1 aliphatic carbocycles. The first kappa shape index (κ1) is 17.6. The molecule has 3 N–H and O–H groups in total. The molecule has 2 rings (SSSR count). The number of amides is 2. The molecule has 23 heavy (non-hydrogen) atoms. The predicted octanol–water partition coefficient (Wildman–Crippen LogP) is 2.74. The average Bonchev–Trinajstić information content (AvgIpc) is 2.53. The van der Waals surface area contributed by atoms with Crippen molar-refractivity contribution in [3.8, 4) is 5.75 Å². The molecule has 128 valence electrons. The Morgan fingerprint density at radius 1 is 1.35 bits per heavy atom. The highest BCUT2D eigenvalue weighted by molar-refractivity contribution is 5.73. The van der Waals surface area contributed by atoms with Crippen molar-refractivity contribution in [3.05, 3.63) is 29.3 Å². The summed E-state index contributed by atoms with van der Waals surface area (Å²) in [5.41, 5.74) is 2.12. The van der Waals surface area contributed by atoms with Gasteiger partial charge in [0.15, 0.2) is 0 Å². The van der Waals surface area contributed by atoms with Crippen molar-refractivity contribution in [2.24, 2.45) is 5.92 Å². The van der Waals surface area contributed by atoms with Gasteiger partial charge in [-0.1, -0.05) is 18.6 Å². The topological polar surface area (TPSA) is 70.6 Å². The lowest BCUT2D eigenvalue weighted by molar-refractivity contribution is 0.101. The lowest BCUT2D eigenvalue weighted by Crippen LogP contribution is -2.39. The van der Waals surface area contributed by atoms with Crippen LogP contribution in [-0.2, 0) is 6.54 Å². The van der Waals surface area contributed by atoms with E-state index >= 15 is 0 Å². The molecule has 1 fully saturated rings. The van der Waals surface area contributed by atoms with Crippen molar-refractivity contribution < 1.29 is 14.6 Å². The molecule has 1 aliphatic rings. The Labute approximate surface area is 138 Å². The number of ether oxygens (including phenoxy) is 1. The summed E-state index contributed by atoms with van der Waals surface area (Å²) < 4.78 is 5.51. The van der Waals surface area contributed by atoms with Gasteiger partial charge in [0.1, 0.15) is 5.75 Å². The third-order valence-corrected chi connectivity index (χ3v) is 4.30. The summed E-state index contributed by atoms with van der Waals surface area (Å²) in [6.07, 6.45) is 3.60. The maximum absolute atomic E-state index is 11.9. The van der Waals surface area contributed by atoms with E-state index in [-0.39, 0.29) is 12.1 Å². The number of carbonyl (C=O) groups excluding carboxylic acids is 1. The minimum atomic E-state index is -0.203. The zero-order valence-electron chi connectivity index (χ0n) is 14.1. The average molecular weight is 320 g/mol. The Balaban J connectivity index is 1.72. The smallest absolute Gasteiger partial charge is 0.315 e. The maximum atomic E-state index is 11.9. The second-order valence-electron chi connectivity index (χ2n) is 6.28. The number of aryl methyl sites for hydroxylation is 1. The van der Waals surface area contributed by atoms with Crippen LogP contribution in [0.15, 0.2) is 18.2 Å². The minimum absolute atomic E-state index is 0.156. The monoisotopic (exact) mass is 320 g/mol. The van der Waals surface area contributed by atoms with Crippen LogP contribution in [0.3, 0.4) is 0 Å². The van der Waals surface area contributed by atoms with Crippen molar-refractivity contribution in [2.45, 2.75) is 52.2 Å². The number of hydrogen-bond acceptors (Lipinski definition) is 3. The molecule has 5 heteroatoms. The van der Waals surface area contributed by atoms with Gasteiger partial charge >= 0.3 is 6.03 Å². The van der Waals surface area contributed by atoms with Gasteiger partial charge in [-0.15, -0.1) is 0 Å². The Hall–Kier alpha value is -1.75. The van der Waals surface area contributed by atoms with Crippen LogP contribution in [0.2, 0.25) is 0 Å². The summed E-state index contributed by atoms with van der Waals surface area (Å²) in [6, 6.07) is 5.78. The highest BCUT2D eigenvalue weighted by atomic mass is 16.5. The zero-order chi connectivity index (χ0) is 16.7. The molecule has 2 atom stereocenters. The van der Waals surface area contributed by atoms with E-state index in [9.17, 15) is 9.90 Å². The van der Waals surface area contributed by atoms with Crippen LogP contribution in [0.5, 0.6) is 5.75 Å². The third-order valence-electron chi connectivity index (χ3n) is 4.30. The molecule has 0 heterocycles. The first-order valence-corrected chi connectivity index (χ1v) is 8.50. The van der Waals surface area contributed by atoms with Crippen LogP contribution in [0.1, 0.15) is 43.7 Å².